The van der Waals surface area contributed by atoms with Crippen LogP contribution in [-0.4, -0.2) is 59.0 Å². The van der Waals surface area contributed by atoms with Crippen LogP contribution in [-0.2, 0) is 18.4 Å². The number of rotatable bonds is 33. The number of nitrogens with two attached hydrogens (primary N) is 1. The van der Waals surface area contributed by atoms with Crippen molar-refractivity contribution >= 4 is 13.7 Å². The molecule has 45 heavy (non-hydrogen) atoms. The van der Waals surface area contributed by atoms with Gasteiger partial charge >= 0.3 is 7.82 Å². The van der Waals surface area contributed by atoms with Crippen molar-refractivity contribution in [1.29, 1.82) is 0 Å². The van der Waals surface area contributed by atoms with Crippen molar-refractivity contribution in [3.63, 3.8) is 0 Å². The first-order valence-corrected chi connectivity index (χ1v) is 19.5. The number of nitrogens with one attached hydrogen (secondary N) is 1. The van der Waals surface area contributed by atoms with Crippen LogP contribution in [0.15, 0.2) is 24.3 Å². The summed E-state index contributed by atoms with van der Waals surface area (Å²) in [5, 5.41) is 23.8. The van der Waals surface area contributed by atoms with E-state index in [1.54, 1.807) is 6.08 Å². The lowest BCUT2D eigenvalue weighted by molar-refractivity contribution is -0.124. The third-order valence-electron chi connectivity index (χ3n) is 7.83. The highest BCUT2D eigenvalue weighted by molar-refractivity contribution is 7.47. The number of aliphatic hydroxyl groups is 2. The molecule has 0 saturated heterocycles. The van der Waals surface area contributed by atoms with Crippen molar-refractivity contribution in [3.8, 4) is 0 Å². The van der Waals surface area contributed by atoms with Gasteiger partial charge in [0, 0.05) is 6.54 Å². The maximum atomic E-state index is 12.7. The van der Waals surface area contributed by atoms with E-state index in [9.17, 15) is 24.5 Å². The van der Waals surface area contributed by atoms with Gasteiger partial charge in [-0.3, -0.25) is 13.8 Å². The molecule has 0 aliphatic heterocycles. The van der Waals surface area contributed by atoms with Crippen LogP contribution in [0.4, 0.5) is 0 Å². The van der Waals surface area contributed by atoms with Crippen molar-refractivity contribution < 1.29 is 33.5 Å². The highest BCUT2D eigenvalue weighted by Crippen LogP contribution is 2.43. The van der Waals surface area contributed by atoms with Crippen molar-refractivity contribution in [1.82, 2.24) is 5.32 Å². The molecule has 6 N–H and O–H groups in total. The molecule has 0 rings (SSSR count). The Labute approximate surface area is 275 Å². The van der Waals surface area contributed by atoms with E-state index >= 15 is 0 Å². The SMILES string of the molecule is CCCCCC/C=C/CC/C=C/C(O)C(COP(=O)(O)OCCN)NC(=O)CC(O)CCCCCCCCCCCCCCC. The highest BCUT2D eigenvalue weighted by Gasteiger charge is 2.27. The van der Waals surface area contributed by atoms with E-state index in [0.29, 0.717) is 12.8 Å². The predicted molar refractivity (Wildman–Crippen MR) is 186 cm³/mol. The zero-order valence-electron chi connectivity index (χ0n) is 28.7. The molecule has 4 unspecified atom stereocenters. The number of amides is 1. The van der Waals surface area contributed by atoms with Gasteiger partial charge in [-0.2, -0.15) is 0 Å². The van der Waals surface area contributed by atoms with E-state index in [0.717, 1.165) is 32.1 Å². The number of aliphatic hydroxyl groups excluding tert-OH is 2. The minimum absolute atomic E-state index is 0.0454. The van der Waals surface area contributed by atoms with Gasteiger partial charge in [0.25, 0.3) is 0 Å². The average Bonchev–Trinajstić information content (AvgIpc) is 3.01. The molecule has 0 bridgehead atoms. The van der Waals surface area contributed by atoms with E-state index in [4.69, 9.17) is 14.8 Å². The Hall–Kier alpha value is -1.06. The lowest BCUT2D eigenvalue weighted by Crippen LogP contribution is -2.46. The van der Waals surface area contributed by atoms with Crippen molar-refractivity contribution in [2.45, 2.75) is 173 Å². The Kier molecular flexibility index (Phi) is 30.8. The fourth-order valence-corrected chi connectivity index (χ4v) is 5.83. The zero-order valence-corrected chi connectivity index (χ0v) is 29.6. The van der Waals surface area contributed by atoms with Gasteiger partial charge in [0.15, 0.2) is 0 Å². The summed E-state index contributed by atoms with van der Waals surface area (Å²) in [6.45, 7) is 3.88. The Morgan fingerprint density at radius 3 is 1.84 bits per heavy atom. The summed E-state index contributed by atoms with van der Waals surface area (Å²) in [7, 11) is -4.39. The van der Waals surface area contributed by atoms with Gasteiger partial charge in [-0.15, -0.1) is 0 Å². The second kappa shape index (κ2) is 31.5. The summed E-state index contributed by atoms with van der Waals surface area (Å²) in [6, 6.07) is -0.992. The van der Waals surface area contributed by atoms with Crippen molar-refractivity contribution in [3.05, 3.63) is 24.3 Å². The Morgan fingerprint density at radius 2 is 1.27 bits per heavy atom. The minimum Gasteiger partial charge on any atom is -0.393 e. The predicted octanol–water partition coefficient (Wildman–Crippen LogP) is 8.02. The topological polar surface area (TPSA) is 151 Å². The lowest BCUT2D eigenvalue weighted by atomic mass is 10.0. The number of phosphoric ester groups is 1. The molecule has 0 heterocycles. The first-order valence-electron chi connectivity index (χ1n) is 18.0. The normalized spacial score (nSPS) is 15.4. The van der Waals surface area contributed by atoms with Crippen LogP contribution in [0.5, 0.6) is 0 Å². The van der Waals surface area contributed by atoms with Crippen LogP contribution < -0.4 is 11.1 Å². The van der Waals surface area contributed by atoms with Crippen LogP contribution >= 0.6 is 7.82 Å². The second-order valence-electron chi connectivity index (χ2n) is 12.3. The van der Waals surface area contributed by atoms with E-state index in [1.807, 2.05) is 6.08 Å². The molecule has 0 saturated carbocycles. The van der Waals surface area contributed by atoms with Gasteiger partial charge in [-0.25, -0.2) is 4.57 Å². The fraction of sp³-hybridized carbons (Fsp3) is 0.857. The van der Waals surface area contributed by atoms with Gasteiger partial charge in [0.05, 0.1) is 37.9 Å². The largest absolute Gasteiger partial charge is 0.472 e. The van der Waals surface area contributed by atoms with E-state index in [-0.39, 0.29) is 19.6 Å². The highest BCUT2D eigenvalue weighted by atomic mass is 31.2. The molecule has 0 aromatic carbocycles. The number of carbonyl (C=O) groups excluding carboxylic acids is 1. The molecule has 0 radical (unpaired) electrons. The summed E-state index contributed by atoms with van der Waals surface area (Å²) in [6.07, 6.45) is 29.8. The number of carbonyl (C=O) groups is 1. The van der Waals surface area contributed by atoms with Gasteiger partial charge in [-0.1, -0.05) is 141 Å². The van der Waals surface area contributed by atoms with Crippen LogP contribution in [0.2, 0.25) is 0 Å². The third kappa shape index (κ3) is 30.0. The monoisotopic (exact) mass is 660 g/mol. The molecule has 266 valence electrons. The molecule has 1 amide bonds. The summed E-state index contributed by atoms with van der Waals surface area (Å²) in [5.74, 6) is -0.458. The average molecular weight is 661 g/mol. The summed E-state index contributed by atoms with van der Waals surface area (Å²) in [5.41, 5.74) is 5.33. The molecule has 9 nitrogen and oxygen atoms in total. The first kappa shape index (κ1) is 43.9. The Bertz CT molecular complexity index is 781. The van der Waals surface area contributed by atoms with Gasteiger partial charge in [-0.05, 0) is 32.1 Å². The molecule has 4 atom stereocenters. The number of phosphoric acid groups is 1. The third-order valence-corrected chi connectivity index (χ3v) is 8.82. The molecular weight excluding hydrogens is 591 g/mol. The summed E-state index contributed by atoms with van der Waals surface area (Å²) < 4.78 is 21.9. The lowest BCUT2D eigenvalue weighted by Gasteiger charge is -2.24. The van der Waals surface area contributed by atoms with E-state index in [2.05, 4.69) is 31.3 Å². The number of allylic oxidation sites excluding steroid dienone is 3. The van der Waals surface area contributed by atoms with Crippen LogP contribution in [0.1, 0.15) is 155 Å². The van der Waals surface area contributed by atoms with Crippen LogP contribution in [0, 0.1) is 0 Å². The van der Waals surface area contributed by atoms with E-state index in [1.165, 1.54) is 89.9 Å². The molecule has 0 aromatic heterocycles. The fourth-order valence-electron chi connectivity index (χ4n) is 5.07. The quantitative estimate of drug-likeness (QED) is 0.0270. The van der Waals surface area contributed by atoms with Crippen molar-refractivity contribution in [2.75, 3.05) is 19.8 Å². The number of unbranched alkanes of at least 4 members (excludes halogenated alkanes) is 17. The van der Waals surface area contributed by atoms with Gasteiger partial charge in [0.1, 0.15) is 0 Å². The van der Waals surface area contributed by atoms with Crippen LogP contribution in [0.25, 0.3) is 0 Å². The molecule has 10 heteroatoms. The molecular formula is C35H69N2O7P. The minimum atomic E-state index is -4.39. The maximum absolute atomic E-state index is 12.7. The maximum Gasteiger partial charge on any atom is 0.472 e. The molecule has 0 aliphatic carbocycles. The van der Waals surface area contributed by atoms with E-state index < -0.39 is 38.6 Å². The zero-order chi connectivity index (χ0) is 33.4. The number of hydrogen-bond donors (Lipinski definition) is 5. The van der Waals surface area contributed by atoms with Crippen molar-refractivity contribution in [2.24, 2.45) is 5.73 Å². The molecule has 0 fully saturated rings. The molecule has 0 aromatic rings. The summed E-state index contributed by atoms with van der Waals surface area (Å²) in [4.78, 5) is 22.6. The first-order chi connectivity index (χ1) is 21.8. The molecule has 0 aliphatic rings. The summed E-state index contributed by atoms with van der Waals surface area (Å²) >= 11 is 0. The van der Waals surface area contributed by atoms with Crippen LogP contribution in [0.3, 0.4) is 0 Å². The molecule has 0 spiro atoms. The second-order valence-corrected chi connectivity index (χ2v) is 13.7. The Morgan fingerprint density at radius 1 is 0.756 bits per heavy atom. The number of hydrogen-bond acceptors (Lipinski definition) is 7. The van der Waals surface area contributed by atoms with Gasteiger partial charge < -0.3 is 26.2 Å². The smallest absolute Gasteiger partial charge is 0.393 e. The Balaban J connectivity index is 4.47. The van der Waals surface area contributed by atoms with Gasteiger partial charge in [0.2, 0.25) is 5.91 Å². The standard InChI is InChI=1S/C35H69N2O7P/c1-3-5-7-9-11-13-15-16-17-18-20-22-24-26-32(38)30-35(40)37-33(31-44-45(41,42)43-29-28-36)34(39)27-25-23-21-19-14-12-10-8-6-4-2/h14,19,25,27,32-34,38-39H,3-13,15-18,20-24,26,28-31,36H2,1-2H3,(H,37,40)(H,41,42)/b19-14+,27-25+.